The molecule has 1 N–H and O–H groups in total. The molecule has 0 spiro atoms. The fraction of sp³-hybridized carbons (Fsp3) is 0.400. The quantitative estimate of drug-likeness (QED) is 0.701. The molecule has 0 bridgehead atoms. The third-order valence-electron chi connectivity index (χ3n) is 1.78. The summed E-state index contributed by atoms with van der Waals surface area (Å²) in [7, 11) is 0. The van der Waals surface area contributed by atoms with Crippen LogP contribution < -0.4 is 5.32 Å². The average molecular weight is 177 g/mol. The van der Waals surface area contributed by atoms with Crippen molar-refractivity contribution in [3.63, 3.8) is 0 Å². The summed E-state index contributed by atoms with van der Waals surface area (Å²) in [5.74, 6) is 0. The van der Waals surface area contributed by atoms with Crippen molar-refractivity contribution in [2.45, 2.75) is 25.8 Å². The first-order chi connectivity index (χ1) is 6.33. The van der Waals surface area contributed by atoms with Crippen LogP contribution in [-0.2, 0) is 0 Å². The van der Waals surface area contributed by atoms with E-state index < -0.39 is 0 Å². The second kappa shape index (κ2) is 5.30. The second-order valence-electron chi connectivity index (χ2n) is 3.04. The summed E-state index contributed by atoms with van der Waals surface area (Å²) in [4.78, 5) is 7.85. The molecule has 70 valence electrons. The molecule has 1 unspecified atom stereocenters. The lowest BCUT2D eigenvalue weighted by Gasteiger charge is -2.12. The minimum Gasteiger partial charge on any atom is -0.380 e. The topological polar surface area (TPSA) is 37.8 Å². The van der Waals surface area contributed by atoms with Crippen molar-refractivity contribution < 1.29 is 0 Å². The predicted molar refractivity (Wildman–Crippen MR) is 54.5 cm³/mol. The van der Waals surface area contributed by atoms with E-state index in [1.54, 1.807) is 12.4 Å². The highest BCUT2D eigenvalue weighted by Crippen LogP contribution is 2.06. The van der Waals surface area contributed by atoms with Gasteiger partial charge in [-0.15, -0.1) is 6.58 Å². The van der Waals surface area contributed by atoms with Crippen molar-refractivity contribution in [2.24, 2.45) is 0 Å². The van der Waals surface area contributed by atoms with Crippen molar-refractivity contribution in [1.82, 2.24) is 9.97 Å². The van der Waals surface area contributed by atoms with E-state index in [0.717, 1.165) is 18.5 Å². The molecule has 1 rings (SSSR count). The molecular weight excluding hydrogens is 162 g/mol. The maximum absolute atomic E-state index is 3.92. The van der Waals surface area contributed by atoms with Gasteiger partial charge in [-0.3, -0.25) is 0 Å². The van der Waals surface area contributed by atoms with E-state index in [1.807, 2.05) is 6.08 Å². The molecule has 1 aromatic heterocycles. The normalized spacial score (nSPS) is 12.1. The second-order valence-corrected chi connectivity index (χ2v) is 3.04. The van der Waals surface area contributed by atoms with Crippen LogP contribution in [0.4, 0.5) is 5.69 Å². The van der Waals surface area contributed by atoms with Gasteiger partial charge < -0.3 is 5.32 Å². The third-order valence-corrected chi connectivity index (χ3v) is 1.78. The molecule has 0 aromatic carbocycles. The summed E-state index contributed by atoms with van der Waals surface area (Å²) in [6, 6.07) is 0.434. The van der Waals surface area contributed by atoms with E-state index in [2.05, 4.69) is 28.8 Å². The van der Waals surface area contributed by atoms with Crippen molar-refractivity contribution >= 4 is 5.69 Å². The highest BCUT2D eigenvalue weighted by molar-refractivity contribution is 5.37. The smallest absolute Gasteiger partial charge is 0.115 e. The van der Waals surface area contributed by atoms with Gasteiger partial charge in [0.15, 0.2) is 0 Å². The first kappa shape index (κ1) is 9.71. The van der Waals surface area contributed by atoms with Gasteiger partial charge in [0.25, 0.3) is 0 Å². The molecule has 1 aromatic rings. The lowest BCUT2D eigenvalue weighted by Crippen LogP contribution is -2.14. The van der Waals surface area contributed by atoms with Crippen LogP contribution in [0.1, 0.15) is 19.8 Å². The predicted octanol–water partition coefficient (Wildman–Crippen LogP) is 2.24. The third kappa shape index (κ3) is 3.69. The highest BCUT2D eigenvalue weighted by Gasteiger charge is 1.99. The summed E-state index contributed by atoms with van der Waals surface area (Å²) in [5, 5.41) is 3.30. The Morgan fingerprint density at radius 1 is 1.54 bits per heavy atom. The number of allylic oxidation sites excluding steroid dienone is 1. The van der Waals surface area contributed by atoms with Gasteiger partial charge in [0, 0.05) is 6.04 Å². The van der Waals surface area contributed by atoms with Gasteiger partial charge in [0.05, 0.1) is 18.1 Å². The highest BCUT2D eigenvalue weighted by atomic mass is 14.9. The lowest BCUT2D eigenvalue weighted by molar-refractivity contribution is 0.718. The fourth-order valence-electron chi connectivity index (χ4n) is 1.10. The molecule has 0 aliphatic carbocycles. The summed E-state index contributed by atoms with van der Waals surface area (Å²) in [6.45, 7) is 5.82. The van der Waals surface area contributed by atoms with E-state index in [0.29, 0.717) is 6.04 Å². The largest absolute Gasteiger partial charge is 0.380 e. The van der Waals surface area contributed by atoms with Crippen LogP contribution in [0, 0.1) is 0 Å². The van der Waals surface area contributed by atoms with Crippen molar-refractivity contribution in [1.29, 1.82) is 0 Å². The SMILES string of the molecule is C=CCCC(C)Nc1cncnc1. The molecule has 0 aliphatic heterocycles. The minimum absolute atomic E-state index is 0.434. The Labute approximate surface area is 78.9 Å². The van der Waals surface area contributed by atoms with E-state index in [9.17, 15) is 0 Å². The summed E-state index contributed by atoms with van der Waals surface area (Å²) >= 11 is 0. The first-order valence-corrected chi connectivity index (χ1v) is 4.45. The number of anilines is 1. The Morgan fingerprint density at radius 2 is 2.23 bits per heavy atom. The minimum atomic E-state index is 0.434. The standard InChI is InChI=1S/C10H15N3/c1-3-4-5-9(2)13-10-6-11-8-12-7-10/h3,6-9,13H,1,4-5H2,2H3. The lowest BCUT2D eigenvalue weighted by atomic mass is 10.2. The molecule has 0 fully saturated rings. The molecular formula is C10H15N3. The summed E-state index contributed by atoms with van der Waals surface area (Å²) in [6.07, 6.45) is 9.12. The van der Waals surface area contributed by atoms with Crippen molar-refractivity contribution in [2.75, 3.05) is 5.32 Å². The van der Waals surface area contributed by atoms with Crippen LogP contribution in [0.3, 0.4) is 0 Å². The first-order valence-electron chi connectivity index (χ1n) is 4.45. The molecule has 0 saturated carbocycles. The van der Waals surface area contributed by atoms with E-state index in [1.165, 1.54) is 6.33 Å². The molecule has 0 radical (unpaired) electrons. The van der Waals surface area contributed by atoms with Gasteiger partial charge in [-0.1, -0.05) is 6.08 Å². The summed E-state index contributed by atoms with van der Waals surface area (Å²) < 4.78 is 0. The Morgan fingerprint density at radius 3 is 2.85 bits per heavy atom. The molecule has 13 heavy (non-hydrogen) atoms. The van der Waals surface area contributed by atoms with E-state index >= 15 is 0 Å². The number of hydrogen-bond donors (Lipinski definition) is 1. The van der Waals surface area contributed by atoms with Gasteiger partial charge in [-0.25, -0.2) is 9.97 Å². The number of nitrogens with zero attached hydrogens (tertiary/aromatic N) is 2. The van der Waals surface area contributed by atoms with Gasteiger partial charge in [0.1, 0.15) is 6.33 Å². The van der Waals surface area contributed by atoms with Crippen LogP contribution >= 0.6 is 0 Å². The molecule has 1 atom stereocenters. The van der Waals surface area contributed by atoms with Gasteiger partial charge in [-0.2, -0.15) is 0 Å². The number of hydrogen-bond acceptors (Lipinski definition) is 3. The summed E-state index contributed by atoms with van der Waals surface area (Å²) in [5.41, 5.74) is 0.971. The number of rotatable bonds is 5. The van der Waals surface area contributed by atoms with Crippen LogP contribution in [0.5, 0.6) is 0 Å². The van der Waals surface area contributed by atoms with E-state index in [4.69, 9.17) is 0 Å². The molecule has 1 heterocycles. The molecule has 3 heteroatoms. The van der Waals surface area contributed by atoms with Crippen molar-refractivity contribution in [3.8, 4) is 0 Å². The Hall–Kier alpha value is -1.38. The molecule has 0 aliphatic rings. The van der Waals surface area contributed by atoms with Crippen molar-refractivity contribution in [3.05, 3.63) is 31.4 Å². The zero-order valence-corrected chi connectivity index (χ0v) is 7.90. The maximum atomic E-state index is 3.92. The average Bonchev–Trinajstić information content (AvgIpc) is 2.16. The van der Waals surface area contributed by atoms with Gasteiger partial charge in [-0.05, 0) is 19.8 Å². The van der Waals surface area contributed by atoms with Crippen LogP contribution in [-0.4, -0.2) is 16.0 Å². The van der Waals surface area contributed by atoms with Crippen LogP contribution in [0.25, 0.3) is 0 Å². The molecule has 3 nitrogen and oxygen atoms in total. The maximum Gasteiger partial charge on any atom is 0.115 e. The number of nitrogens with one attached hydrogen (secondary N) is 1. The molecule has 0 amide bonds. The zero-order valence-electron chi connectivity index (χ0n) is 7.90. The Kier molecular flexibility index (Phi) is 3.96. The zero-order chi connectivity index (χ0) is 9.52. The Bertz CT molecular complexity index is 246. The Balaban J connectivity index is 2.36. The van der Waals surface area contributed by atoms with E-state index in [-0.39, 0.29) is 0 Å². The van der Waals surface area contributed by atoms with Gasteiger partial charge >= 0.3 is 0 Å². The molecule has 0 saturated heterocycles. The monoisotopic (exact) mass is 177 g/mol. The van der Waals surface area contributed by atoms with Gasteiger partial charge in [0.2, 0.25) is 0 Å². The van der Waals surface area contributed by atoms with Crippen LogP contribution in [0.2, 0.25) is 0 Å². The van der Waals surface area contributed by atoms with Crippen LogP contribution in [0.15, 0.2) is 31.4 Å². The fourth-order valence-corrected chi connectivity index (χ4v) is 1.10. The number of aromatic nitrogens is 2.